The van der Waals surface area contributed by atoms with Gasteiger partial charge in [0.2, 0.25) is 0 Å². The fraction of sp³-hybridized carbons (Fsp3) is 0.0469. The molecule has 1 saturated carbocycles. The van der Waals surface area contributed by atoms with Gasteiger partial charge in [-0.25, -0.2) is 0 Å². The zero-order valence-corrected chi connectivity index (χ0v) is 37.2. The van der Waals surface area contributed by atoms with Crippen molar-refractivity contribution in [2.24, 2.45) is 0 Å². The number of para-hydroxylation sites is 3. The number of furan rings is 1. The highest BCUT2D eigenvalue weighted by Crippen LogP contribution is 2.62. The van der Waals surface area contributed by atoms with Gasteiger partial charge in [-0.3, -0.25) is 4.98 Å². The highest BCUT2D eigenvalue weighted by molar-refractivity contribution is 6.14. The topological polar surface area (TPSA) is 32.5 Å². The highest BCUT2D eigenvalue weighted by Gasteiger charge is 2.50. The molecule has 0 atom stereocenters. The smallest absolute Gasteiger partial charge is 0.159 e. The SMILES string of the molecule is c1ccc(-c2ccc(N(c3ccc(-c4ccc5c(c4)C4(CC4)c4cccc6c(N(c7ccccc7)c7cccc8c7oc7ccccc78)ccc-5c46)cc3)c3ccc4ccccc4c3)cn2)cc1. The number of pyridine rings is 1. The first-order valence-corrected chi connectivity index (χ1v) is 23.6. The molecule has 2 heterocycles. The zero-order valence-electron chi connectivity index (χ0n) is 37.2. The van der Waals surface area contributed by atoms with Gasteiger partial charge in [0, 0.05) is 44.2 Å². The Labute approximate surface area is 394 Å². The number of hydrogen-bond donors (Lipinski definition) is 0. The van der Waals surface area contributed by atoms with Crippen LogP contribution in [0.1, 0.15) is 24.0 Å². The molecule has 10 aromatic carbocycles. The Hall–Kier alpha value is -8.73. The van der Waals surface area contributed by atoms with Crippen molar-refractivity contribution in [1.29, 1.82) is 0 Å². The average Bonchev–Trinajstić information content (AvgIpc) is 4.12. The molecule has 2 aromatic heterocycles. The molecule has 0 unspecified atom stereocenters. The van der Waals surface area contributed by atoms with Crippen molar-refractivity contribution in [3.63, 3.8) is 0 Å². The molecule has 14 rings (SSSR count). The van der Waals surface area contributed by atoms with E-state index in [4.69, 9.17) is 9.40 Å². The van der Waals surface area contributed by atoms with Crippen molar-refractivity contribution in [2.45, 2.75) is 18.3 Å². The van der Waals surface area contributed by atoms with E-state index < -0.39 is 0 Å². The van der Waals surface area contributed by atoms with E-state index in [1.807, 2.05) is 18.3 Å². The lowest BCUT2D eigenvalue weighted by molar-refractivity contribution is 0.669. The van der Waals surface area contributed by atoms with Gasteiger partial charge in [-0.2, -0.15) is 0 Å². The number of anilines is 6. The second-order valence-corrected chi connectivity index (χ2v) is 18.3. The van der Waals surface area contributed by atoms with E-state index in [2.05, 4.69) is 228 Å². The molecule has 0 aliphatic heterocycles. The van der Waals surface area contributed by atoms with Crippen LogP contribution in [0.3, 0.4) is 0 Å². The van der Waals surface area contributed by atoms with Crippen LogP contribution in [0.25, 0.3) is 77.0 Å². The first-order valence-electron chi connectivity index (χ1n) is 23.6. The molecule has 0 radical (unpaired) electrons. The Morgan fingerprint density at radius 3 is 1.90 bits per heavy atom. The second kappa shape index (κ2) is 15.2. The molecule has 0 N–H and O–H groups in total. The van der Waals surface area contributed by atoms with Gasteiger partial charge in [0.15, 0.2) is 5.58 Å². The molecule has 12 aromatic rings. The number of aromatic nitrogens is 1. The van der Waals surface area contributed by atoms with Crippen LogP contribution in [-0.4, -0.2) is 4.98 Å². The number of benzene rings is 10. The van der Waals surface area contributed by atoms with Crippen LogP contribution in [0.4, 0.5) is 34.1 Å². The van der Waals surface area contributed by atoms with E-state index in [1.165, 1.54) is 54.9 Å². The summed E-state index contributed by atoms with van der Waals surface area (Å²) < 4.78 is 6.68. The van der Waals surface area contributed by atoms with Crippen LogP contribution in [-0.2, 0) is 5.41 Å². The predicted molar refractivity (Wildman–Crippen MR) is 282 cm³/mol. The molecule has 4 nitrogen and oxygen atoms in total. The Bertz CT molecular complexity index is 3910. The third-order valence-electron chi connectivity index (χ3n) is 14.5. The molecule has 1 fully saturated rings. The fourth-order valence-electron chi connectivity index (χ4n) is 11.1. The zero-order chi connectivity index (χ0) is 44.8. The molecule has 4 heteroatoms. The molecule has 320 valence electrons. The lowest BCUT2D eigenvalue weighted by atomic mass is 9.73. The Kier molecular flexibility index (Phi) is 8.59. The number of nitrogens with zero attached hydrogens (tertiary/aromatic N) is 3. The van der Waals surface area contributed by atoms with Crippen molar-refractivity contribution >= 4 is 77.6 Å². The van der Waals surface area contributed by atoms with Crippen molar-refractivity contribution in [3.05, 3.63) is 248 Å². The summed E-state index contributed by atoms with van der Waals surface area (Å²) >= 11 is 0. The van der Waals surface area contributed by atoms with E-state index in [-0.39, 0.29) is 5.41 Å². The summed E-state index contributed by atoms with van der Waals surface area (Å²) in [6, 6.07) is 83.4. The maximum atomic E-state index is 6.68. The molecule has 0 amide bonds. The lowest BCUT2D eigenvalue weighted by Crippen LogP contribution is -2.17. The van der Waals surface area contributed by atoms with Gasteiger partial charge in [-0.15, -0.1) is 0 Å². The third kappa shape index (κ3) is 6.04. The van der Waals surface area contributed by atoms with E-state index in [0.717, 1.165) is 80.2 Å². The van der Waals surface area contributed by atoms with Crippen molar-refractivity contribution in [1.82, 2.24) is 4.98 Å². The van der Waals surface area contributed by atoms with Crippen LogP contribution in [0, 0.1) is 0 Å². The first kappa shape index (κ1) is 38.5. The molecule has 68 heavy (non-hydrogen) atoms. The minimum Gasteiger partial charge on any atom is -0.454 e. The highest BCUT2D eigenvalue weighted by atomic mass is 16.3. The quantitative estimate of drug-likeness (QED) is 0.152. The summed E-state index contributed by atoms with van der Waals surface area (Å²) in [7, 11) is 0. The molecule has 0 bridgehead atoms. The summed E-state index contributed by atoms with van der Waals surface area (Å²) in [5, 5.41) is 7.26. The Balaban J connectivity index is 0.858. The van der Waals surface area contributed by atoms with Crippen molar-refractivity contribution in [2.75, 3.05) is 9.80 Å². The monoisotopic (exact) mass is 869 g/mol. The molecule has 2 aliphatic rings. The van der Waals surface area contributed by atoms with E-state index in [0.29, 0.717) is 0 Å². The fourth-order valence-corrected chi connectivity index (χ4v) is 11.1. The summed E-state index contributed by atoms with van der Waals surface area (Å²) in [5.41, 5.74) is 18.1. The van der Waals surface area contributed by atoms with Gasteiger partial charge in [-0.1, -0.05) is 158 Å². The van der Waals surface area contributed by atoms with Crippen LogP contribution >= 0.6 is 0 Å². The minimum absolute atomic E-state index is 0.0292. The molecule has 0 saturated heterocycles. The van der Waals surface area contributed by atoms with Gasteiger partial charge >= 0.3 is 0 Å². The summed E-state index contributed by atoms with van der Waals surface area (Å²) in [5.74, 6) is 0. The first-order chi connectivity index (χ1) is 33.7. The maximum Gasteiger partial charge on any atom is 0.159 e. The van der Waals surface area contributed by atoms with Gasteiger partial charge in [-0.05, 0) is 135 Å². The normalized spacial score (nSPS) is 13.3. The number of hydrogen-bond acceptors (Lipinski definition) is 4. The standard InChI is InChI=1S/C64H43N3O/c1-3-14-44(15-4-1)58-35-32-50(41-65-58)66(49-31-27-42-13-7-8-16-45(42)39-49)48-29-25-43(26-30-48)46-28-33-51-53-34-36-59(55-21-11-22-56(62(53)55)64(37-38-64)57(51)40-46)67(47-17-5-2-6-18-47)60-23-12-20-54-52-19-9-10-24-61(52)68-63(54)60/h1-36,39-41H,37-38H2. The third-order valence-corrected chi connectivity index (χ3v) is 14.5. The maximum absolute atomic E-state index is 6.68. The van der Waals surface area contributed by atoms with E-state index >= 15 is 0 Å². The summed E-state index contributed by atoms with van der Waals surface area (Å²) in [6.07, 6.45) is 4.25. The van der Waals surface area contributed by atoms with Gasteiger partial charge in [0.05, 0.1) is 29.0 Å². The van der Waals surface area contributed by atoms with Gasteiger partial charge < -0.3 is 14.2 Å². The van der Waals surface area contributed by atoms with Crippen molar-refractivity contribution in [3.8, 4) is 33.5 Å². The number of fused-ring (bicyclic) bond motifs is 8. The van der Waals surface area contributed by atoms with Crippen molar-refractivity contribution < 1.29 is 4.42 Å². The van der Waals surface area contributed by atoms with Crippen LogP contribution in [0.5, 0.6) is 0 Å². The van der Waals surface area contributed by atoms with Gasteiger partial charge in [0.25, 0.3) is 0 Å². The van der Waals surface area contributed by atoms with E-state index in [9.17, 15) is 0 Å². The minimum atomic E-state index is -0.0292. The molecule has 2 aliphatic carbocycles. The Morgan fingerprint density at radius 2 is 1.07 bits per heavy atom. The lowest BCUT2D eigenvalue weighted by Gasteiger charge is -2.32. The largest absolute Gasteiger partial charge is 0.454 e. The second-order valence-electron chi connectivity index (χ2n) is 18.3. The molecular formula is C64H43N3O. The van der Waals surface area contributed by atoms with Gasteiger partial charge in [0.1, 0.15) is 5.58 Å². The predicted octanol–water partition coefficient (Wildman–Crippen LogP) is 17.6. The van der Waals surface area contributed by atoms with Crippen LogP contribution in [0.2, 0.25) is 0 Å². The summed E-state index contributed by atoms with van der Waals surface area (Å²) in [4.78, 5) is 9.66. The van der Waals surface area contributed by atoms with E-state index in [1.54, 1.807) is 0 Å². The van der Waals surface area contributed by atoms with Crippen LogP contribution < -0.4 is 9.80 Å². The Morgan fingerprint density at radius 1 is 0.397 bits per heavy atom. The number of rotatable bonds is 8. The summed E-state index contributed by atoms with van der Waals surface area (Å²) in [6.45, 7) is 0. The average molecular weight is 870 g/mol. The van der Waals surface area contributed by atoms with Crippen LogP contribution in [0.15, 0.2) is 241 Å². The molecular weight excluding hydrogens is 827 g/mol. The molecule has 1 spiro atoms.